The normalized spacial score (nSPS) is 23.7. The highest BCUT2D eigenvalue weighted by Gasteiger charge is 2.34. The van der Waals surface area contributed by atoms with E-state index in [1.54, 1.807) is 0 Å². The summed E-state index contributed by atoms with van der Waals surface area (Å²) in [5.74, 6) is 1.01. The minimum atomic E-state index is 0.157. The highest BCUT2D eigenvalue weighted by molar-refractivity contribution is 5.97. The molecule has 1 aliphatic rings. The molecule has 0 heterocycles. The number of hydrogen-bond acceptors (Lipinski definition) is 3. The van der Waals surface area contributed by atoms with Crippen molar-refractivity contribution in [3.05, 3.63) is 35.4 Å². The van der Waals surface area contributed by atoms with Crippen molar-refractivity contribution < 1.29 is 5.21 Å². The Morgan fingerprint density at radius 2 is 2.41 bits per heavy atom. The molecule has 2 unspecified atom stereocenters. The number of rotatable bonds is 5. The van der Waals surface area contributed by atoms with Crippen molar-refractivity contribution in [2.75, 3.05) is 0 Å². The fourth-order valence-electron chi connectivity index (χ4n) is 2.10. The standard InChI is InChI=1S/C13H19N3O/c1-2-10-7-12(10)15-8-9-4-3-5-11(6-9)13(14)16-17/h3-6,10,12,15,17H,2,7-8H2,1H3,(H2,14,16). The molecule has 2 atom stereocenters. The predicted octanol–water partition coefficient (Wildman–Crippen LogP) is 1.67. The zero-order valence-corrected chi connectivity index (χ0v) is 10.1. The Morgan fingerprint density at radius 1 is 1.59 bits per heavy atom. The number of hydrogen-bond donors (Lipinski definition) is 3. The number of nitrogens with one attached hydrogen (secondary N) is 1. The molecule has 1 aromatic carbocycles. The third-order valence-electron chi connectivity index (χ3n) is 3.35. The van der Waals surface area contributed by atoms with E-state index in [1.807, 2.05) is 24.3 Å². The van der Waals surface area contributed by atoms with Crippen LogP contribution >= 0.6 is 0 Å². The van der Waals surface area contributed by atoms with Crippen LogP contribution in [0.1, 0.15) is 30.9 Å². The number of nitrogens with zero attached hydrogens (tertiary/aromatic N) is 1. The molecule has 0 saturated heterocycles. The largest absolute Gasteiger partial charge is 0.409 e. The molecule has 4 nitrogen and oxygen atoms in total. The van der Waals surface area contributed by atoms with Gasteiger partial charge in [0.25, 0.3) is 0 Å². The van der Waals surface area contributed by atoms with Gasteiger partial charge in [0, 0.05) is 18.2 Å². The first-order valence-corrected chi connectivity index (χ1v) is 6.04. The van der Waals surface area contributed by atoms with Crippen LogP contribution in [0, 0.1) is 5.92 Å². The summed E-state index contributed by atoms with van der Waals surface area (Å²) >= 11 is 0. The second-order valence-corrected chi connectivity index (χ2v) is 4.58. The summed E-state index contributed by atoms with van der Waals surface area (Å²) < 4.78 is 0. The summed E-state index contributed by atoms with van der Waals surface area (Å²) in [5.41, 5.74) is 7.48. The lowest BCUT2D eigenvalue weighted by atomic mass is 10.1. The van der Waals surface area contributed by atoms with Gasteiger partial charge in [0.05, 0.1) is 0 Å². The minimum Gasteiger partial charge on any atom is -0.409 e. The molecular weight excluding hydrogens is 214 g/mol. The van der Waals surface area contributed by atoms with Crippen molar-refractivity contribution in [2.24, 2.45) is 16.8 Å². The van der Waals surface area contributed by atoms with Crippen LogP contribution in [0.15, 0.2) is 29.4 Å². The molecule has 4 heteroatoms. The zero-order chi connectivity index (χ0) is 12.3. The smallest absolute Gasteiger partial charge is 0.170 e. The van der Waals surface area contributed by atoms with E-state index < -0.39 is 0 Å². The zero-order valence-electron chi connectivity index (χ0n) is 10.1. The average Bonchev–Trinajstić information content (AvgIpc) is 3.14. The summed E-state index contributed by atoms with van der Waals surface area (Å²) in [7, 11) is 0. The van der Waals surface area contributed by atoms with E-state index in [0.29, 0.717) is 6.04 Å². The molecule has 0 radical (unpaired) electrons. The van der Waals surface area contributed by atoms with Crippen molar-refractivity contribution >= 4 is 5.84 Å². The van der Waals surface area contributed by atoms with Gasteiger partial charge in [0.1, 0.15) is 0 Å². The van der Waals surface area contributed by atoms with E-state index in [-0.39, 0.29) is 5.84 Å². The first-order valence-electron chi connectivity index (χ1n) is 6.04. The summed E-state index contributed by atoms with van der Waals surface area (Å²) in [5, 5.41) is 15.1. The number of oxime groups is 1. The topological polar surface area (TPSA) is 70.6 Å². The van der Waals surface area contributed by atoms with Crippen molar-refractivity contribution in [3.8, 4) is 0 Å². The second-order valence-electron chi connectivity index (χ2n) is 4.58. The van der Waals surface area contributed by atoms with Gasteiger partial charge in [-0.15, -0.1) is 0 Å². The van der Waals surface area contributed by atoms with E-state index in [4.69, 9.17) is 10.9 Å². The van der Waals surface area contributed by atoms with Gasteiger partial charge in [-0.2, -0.15) is 0 Å². The van der Waals surface area contributed by atoms with E-state index in [1.165, 1.54) is 12.8 Å². The summed E-state index contributed by atoms with van der Waals surface area (Å²) in [6.45, 7) is 3.07. The molecule has 0 aliphatic heterocycles. The first kappa shape index (κ1) is 11.9. The van der Waals surface area contributed by atoms with Crippen LogP contribution in [0.5, 0.6) is 0 Å². The maximum atomic E-state index is 8.62. The average molecular weight is 233 g/mol. The van der Waals surface area contributed by atoms with Crippen molar-refractivity contribution in [2.45, 2.75) is 32.4 Å². The monoisotopic (exact) mass is 233 g/mol. The minimum absolute atomic E-state index is 0.157. The molecule has 1 saturated carbocycles. The maximum absolute atomic E-state index is 8.62. The van der Waals surface area contributed by atoms with Gasteiger partial charge in [-0.25, -0.2) is 0 Å². The van der Waals surface area contributed by atoms with Crippen molar-refractivity contribution in [1.29, 1.82) is 0 Å². The molecule has 4 N–H and O–H groups in total. The van der Waals surface area contributed by atoms with Gasteiger partial charge in [-0.05, 0) is 24.0 Å². The summed E-state index contributed by atoms with van der Waals surface area (Å²) in [6, 6.07) is 8.43. The molecule has 0 bridgehead atoms. The van der Waals surface area contributed by atoms with Gasteiger partial charge >= 0.3 is 0 Å². The van der Waals surface area contributed by atoms with Crippen LogP contribution in [0.25, 0.3) is 0 Å². The van der Waals surface area contributed by atoms with Gasteiger partial charge in [0.15, 0.2) is 5.84 Å². The van der Waals surface area contributed by atoms with Crippen LogP contribution in [0.4, 0.5) is 0 Å². The predicted molar refractivity (Wildman–Crippen MR) is 68.0 cm³/mol. The Kier molecular flexibility index (Phi) is 3.64. The molecule has 17 heavy (non-hydrogen) atoms. The molecule has 1 aromatic rings. The first-order chi connectivity index (χ1) is 8.24. The molecule has 0 aromatic heterocycles. The molecule has 92 valence electrons. The van der Waals surface area contributed by atoms with Crippen LogP contribution in [-0.2, 0) is 6.54 Å². The summed E-state index contributed by atoms with van der Waals surface area (Å²) in [6.07, 6.45) is 2.54. The lowest BCUT2D eigenvalue weighted by Crippen LogP contribution is -2.18. The van der Waals surface area contributed by atoms with Gasteiger partial charge in [-0.3, -0.25) is 0 Å². The third kappa shape index (κ3) is 2.97. The second kappa shape index (κ2) is 5.19. The van der Waals surface area contributed by atoms with E-state index in [9.17, 15) is 0 Å². The van der Waals surface area contributed by atoms with Crippen molar-refractivity contribution in [3.63, 3.8) is 0 Å². The third-order valence-corrected chi connectivity index (χ3v) is 3.35. The maximum Gasteiger partial charge on any atom is 0.170 e. The molecule has 1 aliphatic carbocycles. The molecular formula is C13H19N3O. The fourth-order valence-corrected chi connectivity index (χ4v) is 2.10. The van der Waals surface area contributed by atoms with E-state index in [2.05, 4.69) is 17.4 Å². The number of benzene rings is 1. The van der Waals surface area contributed by atoms with Crippen LogP contribution in [0.3, 0.4) is 0 Å². The molecule has 2 rings (SSSR count). The lowest BCUT2D eigenvalue weighted by Gasteiger charge is -2.06. The molecule has 0 amide bonds. The van der Waals surface area contributed by atoms with Crippen molar-refractivity contribution in [1.82, 2.24) is 5.32 Å². The SMILES string of the molecule is CCC1CC1NCc1cccc(/C(N)=N/O)c1. The Labute approximate surface area is 102 Å². The Bertz CT molecular complexity index is 417. The Morgan fingerprint density at radius 3 is 3.06 bits per heavy atom. The molecule has 0 spiro atoms. The highest BCUT2D eigenvalue weighted by atomic mass is 16.4. The highest BCUT2D eigenvalue weighted by Crippen LogP contribution is 2.33. The Hall–Kier alpha value is -1.55. The quantitative estimate of drug-likeness (QED) is 0.313. The van der Waals surface area contributed by atoms with Crippen LogP contribution in [-0.4, -0.2) is 17.1 Å². The van der Waals surface area contributed by atoms with Crippen LogP contribution in [0.2, 0.25) is 0 Å². The van der Waals surface area contributed by atoms with Gasteiger partial charge in [-0.1, -0.05) is 36.7 Å². The fraction of sp³-hybridized carbons (Fsp3) is 0.462. The van der Waals surface area contributed by atoms with Gasteiger partial charge in [0.2, 0.25) is 0 Å². The molecule has 1 fully saturated rings. The summed E-state index contributed by atoms with van der Waals surface area (Å²) in [4.78, 5) is 0. The van der Waals surface area contributed by atoms with Crippen LogP contribution < -0.4 is 11.1 Å². The number of amidine groups is 1. The number of nitrogens with two attached hydrogens (primary N) is 1. The van der Waals surface area contributed by atoms with E-state index >= 15 is 0 Å². The lowest BCUT2D eigenvalue weighted by molar-refractivity contribution is 0.318. The van der Waals surface area contributed by atoms with Gasteiger partial charge < -0.3 is 16.3 Å². The Balaban J connectivity index is 1.93. The van der Waals surface area contributed by atoms with E-state index in [0.717, 1.165) is 23.6 Å².